The Bertz CT molecular complexity index is 567. The van der Waals surface area contributed by atoms with Gasteiger partial charge in [-0.1, -0.05) is 18.2 Å². The smallest absolute Gasteiger partial charge is 0.130 e. The third-order valence-electron chi connectivity index (χ3n) is 2.94. The van der Waals surface area contributed by atoms with Crippen molar-refractivity contribution in [2.75, 3.05) is 19.0 Å². The first-order valence-electron chi connectivity index (χ1n) is 6.47. The lowest BCUT2D eigenvalue weighted by Gasteiger charge is -2.16. The standard InChI is InChI=1S/C15H19N3O2/c1-10-8-15(18-11(2)17-10)16-9-13(19)12-6-4-5-7-14(12)20-3/h4-8,13,19H,9H2,1-3H3,(H,16,17,18)/t13-/m1/s1. The molecule has 0 fully saturated rings. The van der Waals surface area contributed by atoms with Crippen molar-refractivity contribution in [2.45, 2.75) is 20.0 Å². The highest BCUT2D eigenvalue weighted by molar-refractivity contribution is 5.39. The van der Waals surface area contributed by atoms with Gasteiger partial charge < -0.3 is 15.2 Å². The Hall–Kier alpha value is -2.14. The summed E-state index contributed by atoms with van der Waals surface area (Å²) in [6.07, 6.45) is -0.665. The van der Waals surface area contributed by atoms with Crippen molar-refractivity contribution < 1.29 is 9.84 Å². The summed E-state index contributed by atoms with van der Waals surface area (Å²) in [5, 5.41) is 13.4. The van der Waals surface area contributed by atoms with Gasteiger partial charge in [-0.15, -0.1) is 0 Å². The highest BCUT2D eigenvalue weighted by atomic mass is 16.5. The summed E-state index contributed by atoms with van der Waals surface area (Å²) in [7, 11) is 1.59. The van der Waals surface area contributed by atoms with Crippen molar-refractivity contribution in [1.82, 2.24) is 9.97 Å². The third kappa shape index (κ3) is 3.45. The van der Waals surface area contributed by atoms with E-state index in [1.807, 2.05) is 44.2 Å². The van der Waals surface area contributed by atoms with Gasteiger partial charge in [-0.25, -0.2) is 9.97 Å². The quantitative estimate of drug-likeness (QED) is 0.874. The Morgan fingerprint density at radius 2 is 2.00 bits per heavy atom. The van der Waals surface area contributed by atoms with Crippen LogP contribution in [-0.4, -0.2) is 28.7 Å². The fraction of sp³-hybridized carbons (Fsp3) is 0.333. The predicted octanol–water partition coefficient (Wildman–Crippen LogP) is 2.25. The Balaban J connectivity index is 2.06. The highest BCUT2D eigenvalue weighted by Crippen LogP contribution is 2.24. The molecule has 0 aliphatic heterocycles. The van der Waals surface area contributed by atoms with E-state index in [2.05, 4.69) is 15.3 Å². The van der Waals surface area contributed by atoms with Crippen LogP contribution in [0.5, 0.6) is 5.75 Å². The minimum atomic E-state index is -0.665. The van der Waals surface area contributed by atoms with Crippen LogP contribution in [0.4, 0.5) is 5.82 Å². The monoisotopic (exact) mass is 273 g/mol. The number of anilines is 1. The molecule has 0 spiro atoms. The summed E-state index contributed by atoms with van der Waals surface area (Å²) in [4.78, 5) is 8.49. The maximum absolute atomic E-state index is 10.2. The van der Waals surface area contributed by atoms with Gasteiger partial charge in [0, 0.05) is 23.9 Å². The van der Waals surface area contributed by atoms with E-state index in [-0.39, 0.29) is 0 Å². The second-order valence-electron chi connectivity index (χ2n) is 4.58. The number of aliphatic hydroxyl groups excluding tert-OH is 1. The maximum Gasteiger partial charge on any atom is 0.130 e. The zero-order chi connectivity index (χ0) is 14.5. The van der Waals surface area contributed by atoms with Gasteiger partial charge in [-0.3, -0.25) is 0 Å². The van der Waals surface area contributed by atoms with Gasteiger partial charge in [-0.05, 0) is 19.9 Å². The molecule has 5 heteroatoms. The van der Waals surface area contributed by atoms with Gasteiger partial charge in [0.05, 0.1) is 13.2 Å². The molecule has 1 heterocycles. The molecule has 5 nitrogen and oxygen atoms in total. The maximum atomic E-state index is 10.2. The molecule has 0 aliphatic carbocycles. The molecular formula is C15H19N3O2. The van der Waals surface area contributed by atoms with E-state index in [0.29, 0.717) is 23.9 Å². The first kappa shape index (κ1) is 14.3. The van der Waals surface area contributed by atoms with Crippen molar-refractivity contribution in [3.8, 4) is 5.75 Å². The van der Waals surface area contributed by atoms with Crippen LogP contribution in [0.3, 0.4) is 0 Å². The number of aryl methyl sites for hydroxylation is 2. The Labute approximate surface area is 118 Å². The van der Waals surface area contributed by atoms with E-state index >= 15 is 0 Å². The molecule has 1 aromatic heterocycles. The van der Waals surface area contributed by atoms with Crippen LogP contribution in [0.25, 0.3) is 0 Å². The predicted molar refractivity (Wildman–Crippen MR) is 77.9 cm³/mol. The highest BCUT2D eigenvalue weighted by Gasteiger charge is 2.12. The van der Waals surface area contributed by atoms with Crippen LogP contribution in [0.1, 0.15) is 23.2 Å². The second-order valence-corrected chi connectivity index (χ2v) is 4.58. The van der Waals surface area contributed by atoms with E-state index in [1.54, 1.807) is 7.11 Å². The molecule has 0 unspecified atom stereocenters. The normalized spacial score (nSPS) is 12.0. The van der Waals surface area contributed by atoms with Gasteiger partial charge >= 0.3 is 0 Å². The van der Waals surface area contributed by atoms with E-state index in [4.69, 9.17) is 4.74 Å². The zero-order valence-corrected chi connectivity index (χ0v) is 11.9. The lowest BCUT2D eigenvalue weighted by molar-refractivity contribution is 0.187. The summed E-state index contributed by atoms with van der Waals surface area (Å²) < 4.78 is 5.24. The van der Waals surface area contributed by atoms with Crippen LogP contribution in [0.15, 0.2) is 30.3 Å². The molecule has 20 heavy (non-hydrogen) atoms. The summed E-state index contributed by atoms with van der Waals surface area (Å²) >= 11 is 0. The molecule has 1 atom stereocenters. The van der Waals surface area contributed by atoms with E-state index in [1.165, 1.54) is 0 Å². The number of hydrogen-bond acceptors (Lipinski definition) is 5. The molecular weight excluding hydrogens is 254 g/mol. The van der Waals surface area contributed by atoms with Crippen LogP contribution in [0, 0.1) is 13.8 Å². The van der Waals surface area contributed by atoms with E-state index < -0.39 is 6.10 Å². The zero-order valence-electron chi connectivity index (χ0n) is 11.9. The van der Waals surface area contributed by atoms with Crippen LogP contribution in [0.2, 0.25) is 0 Å². The van der Waals surface area contributed by atoms with Gasteiger partial charge in [0.25, 0.3) is 0 Å². The minimum absolute atomic E-state index is 0.357. The summed E-state index contributed by atoms with van der Waals surface area (Å²) in [6.45, 7) is 4.11. The van der Waals surface area contributed by atoms with Gasteiger partial charge in [0.2, 0.25) is 0 Å². The number of rotatable bonds is 5. The number of nitrogens with zero attached hydrogens (tertiary/aromatic N) is 2. The number of benzene rings is 1. The van der Waals surface area contributed by atoms with Crippen molar-refractivity contribution in [2.24, 2.45) is 0 Å². The first-order valence-corrected chi connectivity index (χ1v) is 6.47. The third-order valence-corrected chi connectivity index (χ3v) is 2.94. The summed E-state index contributed by atoms with van der Waals surface area (Å²) in [5.41, 5.74) is 1.65. The molecule has 0 saturated heterocycles. The second kappa shape index (κ2) is 6.34. The van der Waals surface area contributed by atoms with E-state index in [0.717, 1.165) is 11.3 Å². The number of ether oxygens (including phenoxy) is 1. The fourth-order valence-corrected chi connectivity index (χ4v) is 2.06. The molecule has 2 N–H and O–H groups in total. The SMILES string of the molecule is COc1ccccc1[C@H](O)CNc1cc(C)nc(C)n1. The number of aliphatic hydroxyl groups is 1. The van der Waals surface area contributed by atoms with Crippen molar-refractivity contribution in [1.29, 1.82) is 0 Å². The molecule has 2 aromatic rings. The van der Waals surface area contributed by atoms with Gasteiger partial charge in [0.15, 0.2) is 0 Å². The largest absolute Gasteiger partial charge is 0.496 e. The van der Waals surface area contributed by atoms with Crippen molar-refractivity contribution in [3.05, 3.63) is 47.4 Å². The molecule has 1 aromatic carbocycles. The topological polar surface area (TPSA) is 67.3 Å². The lowest BCUT2D eigenvalue weighted by Crippen LogP contribution is -2.14. The molecule has 2 rings (SSSR count). The number of hydrogen-bond donors (Lipinski definition) is 2. The fourth-order valence-electron chi connectivity index (χ4n) is 2.06. The molecule has 0 bridgehead atoms. The van der Waals surface area contributed by atoms with E-state index in [9.17, 15) is 5.11 Å². The minimum Gasteiger partial charge on any atom is -0.496 e. The Kier molecular flexibility index (Phi) is 4.53. The van der Waals surface area contributed by atoms with Gasteiger partial charge in [0.1, 0.15) is 17.4 Å². The average molecular weight is 273 g/mol. The number of nitrogens with one attached hydrogen (secondary N) is 1. The van der Waals surface area contributed by atoms with Crippen LogP contribution >= 0.6 is 0 Å². The Morgan fingerprint density at radius 3 is 2.70 bits per heavy atom. The summed E-state index contributed by atoms with van der Waals surface area (Å²) in [5.74, 6) is 2.10. The molecule has 0 amide bonds. The van der Waals surface area contributed by atoms with Crippen LogP contribution in [-0.2, 0) is 0 Å². The van der Waals surface area contributed by atoms with Gasteiger partial charge in [-0.2, -0.15) is 0 Å². The number of methoxy groups -OCH3 is 1. The number of para-hydroxylation sites is 1. The average Bonchev–Trinajstić information content (AvgIpc) is 2.43. The van der Waals surface area contributed by atoms with Crippen molar-refractivity contribution >= 4 is 5.82 Å². The molecule has 0 saturated carbocycles. The Morgan fingerprint density at radius 1 is 1.25 bits per heavy atom. The molecule has 0 radical (unpaired) electrons. The van der Waals surface area contributed by atoms with Crippen molar-refractivity contribution in [3.63, 3.8) is 0 Å². The summed E-state index contributed by atoms with van der Waals surface area (Å²) in [6, 6.07) is 9.28. The lowest BCUT2D eigenvalue weighted by atomic mass is 10.1. The first-order chi connectivity index (χ1) is 9.60. The molecule has 106 valence electrons. The number of aromatic nitrogens is 2. The molecule has 0 aliphatic rings. The van der Waals surface area contributed by atoms with Crippen LogP contribution < -0.4 is 10.1 Å².